The number of likely N-dealkylation sites (N-methyl/N-ethyl adjacent to an activating group) is 1. The van der Waals surface area contributed by atoms with Crippen molar-refractivity contribution in [2.45, 2.75) is 32.9 Å². The van der Waals surface area contributed by atoms with E-state index in [4.69, 9.17) is 5.73 Å². The van der Waals surface area contributed by atoms with E-state index >= 15 is 0 Å². The Bertz CT molecular complexity index is 333. The molecule has 0 saturated carbocycles. The van der Waals surface area contributed by atoms with Crippen molar-refractivity contribution in [2.75, 3.05) is 33.2 Å². The summed E-state index contributed by atoms with van der Waals surface area (Å²) in [5.74, 6) is -0.229. The molecular formula is C13H26N4O2. The van der Waals surface area contributed by atoms with Gasteiger partial charge in [-0.2, -0.15) is 0 Å². The Balaban J connectivity index is 2.41. The van der Waals surface area contributed by atoms with Gasteiger partial charge in [0.25, 0.3) is 0 Å². The summed E-state index contributed by atoms with van der Waals surface area (Å²) in [6, 6.07) is -0.375. The monoisotopic (exact) mass is 270 g/mol. The molecular weight excluding hydrogens is 244 g/mol. The molecule has 1 fully saturated rings. The lowest BCUT2D eigenvalue weighted by atomic mass is 10.1. The molecule has 1 rings (SSSR count). The van der Waals surface area contributed by atoms with Gasteiger partial charge in [0.1, 0.15) is 0 Å². The highest BCUT2D eigenvalue weighted by Gasteiger charge is 2.26. The molecule has 1 heterocycles. The van der Waals surface area contributed by atoms with Gasteiger partial charge in [0.2, 0.25) is 11.8 Å². The number of nitrogens with zero attached hydrogens (tertiary/aromatic N) is 2. The van der Waals surface area contributed by atoms with Crippen LogP contribution < -0.4 is 11.1 Å². The molecule has 1 aliphatic rings. The third-order valence-corrected chi connectivity index (χ3v) is 3.59. The Labute approximate surface area is 115 Å². The molecule has 1 saturated heterocycles. The van der Waals surface area contributed by atoms with Crippen molar-refractivity contribution in [1.29, 1.82) is 0 Å². The molecule has 2 amide bonds. The number of carbonyl (C=O) groups is 2. The lowest BCUT2D eigenvalue weighted by Crippen LogP contribution is -2.55. The summed E-state index contributed by atoms with van der Waals surface area (Å²) in [4.78, 5) is 27.8. The average molecular weight is 270 g/mol. The fraction of sp³-hybridized carbons (Fsp3) is 0.846. The van der Waals surface area contributed by atoms with E-state index in [1.165, 1.54) is 0 Å². The molecule has 0 aliphatic carbocycles. The zero-order valence-electron chi connectivity index (χ0n) is 12.3. The van der Waals surface area contributed by atoms with E-state index in [9.17, 15) is 9.59 Å². The highest BCUT2D eigenvalue weighted by atomic mass is 16.2. The van der Waals surface area contributed by atoms with Gasteiger partial charge in [-0.1, -0.05) is 13.8 Å². The maximum absolute atomic E-state index is 12.1. The lowest BCUT2D eigenvalue weighted by Gasteiger charge is -2.38. The van der Waals surface area contributed by atoms with Crippen molar-refractivity contribution in [3.63, 3.8) is 0 Å². The van der Waals surface area contributed by atoms with Crippen LogP contribution in [0.2, 0.25) is 0 Å². The summed E-state index contributed by atoms with van der Waals surface area (Å²) in [6.45, 7) is 8.27. The first-order valence-corrected chi connectivity index (χ1v) is 6.84. The number of amides is 2. The number of rotatable bonds is 4. The van der Waals surface area contributed by atoms with Gasteiger partial charge in [0.15, 0.2) is 0 Å². The van der Waals surface area contributed by atoms with Crippen LogP contribution >= 0.6 is 0 Å². The van der Waals surface area contributed by atoms with E-state index < -0.39 is 6.04 Å². The molecule has 0 aromatic heterocycles. The molecule has 6 nitrogen and oxygen atoms in total. The van der Waals surface area contributed by atoms with E-state index in [0.29, 0.717) is 6.54 Å². The number of carbonyl (C=O) groups excluding carboxylic acids is 2. The van der Waals surface area contributed by atoms with Crippen LogP contribution in [0.1, 0.15) is 20.8 Å². The first-order valence-electron chi connectivity index (χ1n) is 6.84. The highest BCUT2D eigenvalue weighted by Crippen LogP contribution is 2.07. The van der Waals surface area contributed by atoms with Crippen LogP contribution in [0.5, 0.6) is 0 Å². The Kier molecular flexibility index (Phi) is 5.75. The first-order chi connectivity index (χ1) is 8.82. The minimum absolute atomic E-state index is 0.0350. The van der Waals surface area contributed by atoms with Gasteiger partial charge in [-0.05, 0) is 19.9 Å². The molecule has 1 aliphatic heterocycles. The van der Waals surface area contributed by atoms with Crippen LogP contribution in [0.25, 0.3) is 0 Å². The number of hydrogen-bond donors (Lipinski definition) is 2. The van der Waals surface area contributed by atoms with Crippen LogP contribution in [0.3, 0.4) is 0 Å². The van der Waals surface area contributed by atoms with Gasteiger partial charge in [-0.15, -0.1) is 0 Å². The van der Waals surface area contributed by atoms with Gasteiger partial charge in [-0.3, -0.25) is 9.59 Å². The lowest BCUT2D eigenvalue weighted by molar-refractivity contribution is -0.136. The molecule has 0 spiro atoms. The highest BCUT2D eigenvalue weighted by molar-refractivity contribution is 5.87. The maximum Gasteiger partial charge on any atom is 0.242 e. The van der Waals surface area contributed by atoms with Crippen molar-refractivity contribution in [3.8, 4) is 0 Å². The van der Waals surface area contributed by atoms with E-state index in [1.54, 1.807) is 0 Å². The number of nitrogens with one attached hydrogen (secondary N) is 1. The van der Waals surface area contributed by atoms with Crippen LogP contribution in [-0.2, 0) is 9.59 Å². The summed E-state index contributed by atoms with van der Waals surface area (Å²) in [5.41, 5.74) is 5.73. The van der Waals surface area contributed by atoms with Gasteiger partial charge >= 0.3 is 0 Å². The van der Waals surface area contributed by atoms with Crippen molar-refractivity contribution < 1.29 is 9.59 Å². The SMILES string of the molecule is CC(C)[C@H](N)C(=O)NCC(=O)N1CCN(C)CC1C. The zero-order valence-corrected chi connectivity index (χ0v) is 12.3. The normalized spacial score (nSPS) is 22.4. The third kappa shape index (κ3) is 4.47. The number of hydrogen-bond acceptors (Lipinski definition) is 4. The standard InChI is InChI=1S/C13H26N4O2/c1-9(2)12(14)13(19)15-7-11(18)17-6-5-16(4)8-10(17)3/h9-10,12H,5-8,14H2,1-4H3,(H,15,19)/t10?,12-/m0/s1. The zero-order chi connectivity index (χ0) is 14.6. The third-order valence-electron chi connectivity index (χ3n) is 3.59. The van der Waals surface area contributed by atoms with Crippen molar-refractivity contribution in [1.82, 2.24) is 15.1 Å². The van der Waals surface area contributed by atoms with Crippen LogP contribution in [0, 0.1) is 5.92 Å². The Morgan fingerprint density at radius 1 is 1.37 bits per heavy atom. The predicted molar refractivity (Wildman–Crippen MR) is 74.5 cm³/mol. The second-order valence-electron chi connectivity index (χ2n) is 5.69. The van der Waals surface area contributed by atoms with Crippen molar-refractivity contribution in [2.24, 2.45) is 11.7 Å². The molecule has 0 aromatic carbocycles. The van der Waals surface area contributed by atoms with Crippen LogP contribution in [0.4, 0.5) is 0 Å². The fourth-order valence-electron chi connectivity index (χ4n) is 2.20. The molecule has 110 valence electrons. The molecule has 19 heavy (non-hydrogen) atoms. The Morgan fingerprint density at radius 3 is 2.53 bits per heavy atom. The Hall–Kier alpha value is -1.14. The van der Waals surface area contributed by atoms with Crippen molar-refractivity contribution >= 4 is 11.8 Å². The quantitative estimate of drug-likeness (QED) is 0.704. The largest absolute Gasteiger partial charge is 0.346 e. The van der Waals surface area contributed by atoms with Gasteiger partial charge < -0.3 is 20.9 Å². The van der Waals surface area contributed by atoms with Gasteiger partial charge in [0.05, 0.1) is 12.6 Å². The predicted octanol–water partition coefficient (Wildman–Crippen LogP) is -0.752. The Morgan fingerprint density at radius 2 is 2.00 bits per heavy atom. The molecule has 3 N–H and O–H groups in total. The molecule has 0 aromatic rings. The van der Waals surface area contributed by atoms with Gasteiger partial charge in [0, 0.05) is 25.7 Å². The fourth-order valence-corrected chi connectivity index (χ4v) is 2.20. The second kappa shape index (κ2) is 6.86. The van der Waals surface area contributed by atoms with E-state index in [1.807, 2.05) is 32.7 Å². The van der Waals surface area contributed by atoms with E-state index in [-0.39, 0.29) is 30.3 Å². The summed E-state index contributed by atoms with van der Waals surface area (Å²) < 4.78 is 0. The summed E-state index contributed by atoms with van der Waals surface area (Å²) in [7, 11) is 2.04. The summed E-state index contributed by atoms with van der Waals surface area (Å²) >= 11 is 0. The minimum atomic E-state index is -0.558. The molecule has 2 atom stereocenters. The summed E-state index contributed by atoms with van der Waals surface area (Å²) in [6.07, 6.45) is 0. The number of piperazine rings is 1. The van der Waals surface area contributed by atoms with E-state index in [2.05, 4.69) is 10.2 Å². The minimum Gasteiger partial charge on any atom is -0.346 e. The maximum atomic E-state index is 12.1. The van der Waals surface area contributed by atoms with Crippen LogP contribution in [0.15, 0.2) is 0 Å². The van der Waals surface area contributed by atoms with Crippen molar-refractivity contribution in [3.05, 3.63) is 0 Å². The number of nitrogens with two attached hydrogens (primary N) is 1. The molecule has 6 heteroatoms. The molecule has 0 radical (unpaired) electrons. The van der Waals surface area contributed by atoms with Gasteiger partial charge in [-0.25, -0.2) is 0 Å². The van der Waals surface area contributed by atoms with Crippen LogP contribution in [-0.4, -0.2) is 66.9 Å². The molecule has 0 bridgehead atoms. The second-order valence-corrected chi connectivity index (χ2v) is 5.69. The van der Waals surface area contributed by atoms with E-state index in [0.717, 1.165) is 13.1 Å². The molecule has 1 unspecified atom stereocenters. The first kappa shape index (κ1) is 15.9. The summed E-state index contributed by atoms with van der Waals surface area (Å²) in [5, 5.41) is 2.62. The topological polar surface area (TPSA) is 78.7 Å². The average Bonchev–Trinajstić information content (AvgIpc) is 2.34. The smallest absolute Gasteiger partial charge is 0.242 e.